The summed E-state index contributed by atoms with van der Waals surface area (Å²) in [6.45, 7) is 6.58. The largest absolute Gasteiger partial charge is 1.00 e. The summed E-state index contributed by atoms with van der Waals surface area (Å²) >= 11 is 5.81. The van der Waals surface area contributed by atoms with E-state index in [0.717, 1.165) is 5.02 Å². The molecule has 0 amide bonds. The van der Waals surface area contributed by atoms with Gasteiger partial charge in [-0.05, 0) is 45.0 Å². The van der Waals surface area contributed by atoms with E-state index in [9.17, 15) is 0 Å². The highest BCUT2D eigenvalue weighted by Crippen LogP contribution is 2.08. The van der Waals surface area contributed by atoms with Crippen LogP contribution in [0.2, 0.25) is 5.02 Å². The van der Waals surface area contributed by atoms with E-state index in [4.69, 9.17) is 11.6 Å². The van der Waals surface area contributed by atoms with Gasteiger partial charge in [-0.1, -0.05) is 29.3 Å². The van der Waals surface area contributed by atoms with E-state index < -0.39 is 0 Å². The molecule has 0 saturated heterocycles. The van der Waals surface area contributed by atoms with E-state index in [2.05, 4.69) is 45.0 Å². The van der Waals surface area contributed by atoms with Crippen LogP contribution >= 0.6 is 11.6 Å². The number of hydrogen-bond acceptors (Lipinski definition) is 0. The van der Waals surface area contributed by atoms with Gasteiger partial charge >= 0.3 is 21.2 Å². The lowest BCUT2D eigenvalue weighted by Gasteiger charge is -2.00. The lowest BCUT2D eigenvalue weighted by molar-refractivity contribution is -0.598. The second kappa shape index (κ2) is 6.92. The second-order valence-corrected chi connectivity index (χ2v) is 7.54. The van der Waals surface area contributed by atoms with Crippen LogP contribution in [0, 0.1) is 27.9 Å². The van der Waals surface area contributed by atoms with Crippen LogP contribution < -0.4 is 38.2 Å². The van der Waals surface area contributed by atoms with Gasteiger partial charge in [0, 0.05) is 16.1 Å². The minimum absolute atomic E-state index is 0. The summed E-state index contributed by atoms with van der Waals surface area (Å²) in [4.78, 5) is 0. The smallest absolute Gasteiger partial charge is 0.358 e. The summed E-state index contributed by atoms with van der Waals surface area (Å²) in [7, 11) is 0. The molecular formula is C15H15BrClI. The predicted octanol–water partition coefficient (Wildman–Crippen LogP) is -1.60. The molecule has 0 fully saturated rings. The third-order valence-corrected chi connectivity index (χ3v) is 6.42. The predicted molar refractivity (Wildman–Crippen MR) is 69.5 cm³/mol. The highest BCUT2D eigenvalue weighted by Gasteiger charge is 2.20. The van der Waals surface area contributed by atoms with Gasteiger partial charge in [0.1, 0.15) is 0 Å². The Hall–Kier alpha value is -0.0600. The van der Waals surface area contributed by atoms with E-state index in [0.29, 0.717) is 0 Å². The van der Waals surface area contributed by atoms with Gasteiger partial charge in [-0.25, -0.2) is 0 Å². The molecule has 0 aliphatic rings. The van der Waals surface area contributed by atoms with Crippen LogP contribution in [0.4, 0.5) is 0 Å². The maximum absolute atomic E-state index is 5.91. The second-order valence-electron chi connectivity index (χ2n) is 4.24. The van der Waals surface area contributed by atoms with Crippen molar-refractivity contribution in [3.8, 4) is 0 Å². The average molecular weight is 438 g/mol. The van der Waals surface area contributed by atoms with E-state index in [1.807, 2.05) is 12.1 Å². The first-order valence-corrected chi connectivity index (χ1v) is 8.08. The molecule has 0 atom stereocenters. The molecule has 18 heavy (non-hydrogen) atoms. The lowest BCUT2D eigenvalue weighted by Crippen LogP contribution is -3.62. The standard InChI is InChI=1S/C15H15ClI.BrH/c1-10-8-11(2)15(12(3)9-10)17-14-6-4-13(16)5-7-14;/h4-9H,1-3H3;1H/q+1;/p-1. The molecule has 0 saturated carbocycles. The zero-order chi connectivity index (χ0) is 12.4. The van der Waals surface area contributed by atoms with Crippen LogP contribution in [-0.2, 0) is 0 Å². The maximum atomic E-state index is 5.91. The third kappa shape index (κ3) is 3.97. The average Bonchev–Trinajstić information content (AvgIpc) is 2.26. The molecule has 0 heterocycles. The SMILES string of the molecule is Cc1cc(C)c([I+]c2ccc(Cl)cc2)c(C)c1.[Br-]. The summed E-state index contributed by atoms with van der Waals surface area (Å²) in [5.41, 5.74) is 4.19. The molecule has 2 aromatic carbocycles. The summed E-state index contributed by atoms with van der Waals surface area (Å²) in [6, 6.07) is 12.8. The van der Waals surface area contributed by atoms with Gasteiger partial charge in [-0.3, -0.25) is 0 Å². The molecule has 2 aromatic rings. The fraction of sp³-hybridized carbons (Fsp3) is 0.200. The Balaban J connectivity index is 0.00000162. The molecule has 0 aliphatic carbocycles. The Morgan fingerprint density at radius 1 is 0.889 bits per heavy atom. The van der Waals surface area contributed by atoms with Gasteiger partial charge in [-0.2, -0.15) is 0 Å². The van der Waals surface area contributed by atoms with Gasteiger partial charge in [0.25, 0.3) is 0 Å². The van der Waals surface area contributed by atoms with Crippen LogP contribution in [0.3, 0.4) is 0 Å². The molecule has 0 bridgehead atoms. The van der Waals surface area contributed by atoms with Crippen LogP contribution in [0.15, 0.2) is 36.4 Å². The van der Waals surface area contributed by atoms with Crippen molar-refractivity contribution in [2.24, 2.45) is 0 Å². The van der Waals surface area contributed by atoms with Gasteiger partial charge in [-0.15, -0.1) is 0 Å². The highest BCUT2D eigenvalue weighted by atomic mass is 127. The Labute approximate surface area is 135 Å². The van der Waals surface area contributed by atoms with Gasteiger partial charge in [0.2, 0.25) is 0 Å². The van der Waals surface area contributed by atoms with Crippen molar-refractivity contribution in [1.29, 1.82) is 0 Å². The van der Waals surface area contributed by atoms with Crippen molar-refractivity contribution in [1.82, 2.24) is 0 Å². The molecule has 0 N–H and O–H groups in total. The summed E-state index contributed by atoms with van der Waals surface area (Å²) in [5.74, 6) is 0. The van der Waals surface area contributed by atoms with E-state index in [1.54, 1.807) is 0 Å². The van der Waals surface area contributed by atoms with Crippen LogP contribution in [0.1, 0.15) is 16.7 Å². The van der Waals surface area contributed by atoms with Gasteiger partial charge in [0.15, 0.2) is 7.14 Å². The zero-order valence-electron chi connectivity index (χ0n) is 10.6. The summed E-state index contributed by atoms with van der Waals surface area (Å²) in [6.07, 6.45) is 0. The Bertz CT molecular complexity index is 512. The summed E-state index contributed by atoms with van der Waals surface area (Å²) < 4.78 is 2.96. The first-order valence-electron chi connectivity index (χ1n) is 5.54. The number of halogens is 3. The molecule has 0 radical (unpaired) electrons. The first kappa shape index (κ1) is 16.0. The Morgan fingerprint density at radius 3 is 1.89 bits per heavy atom. The molecule has 3 heteroatoms. The molecule has 2 rings (SSSR count). The fourth-order valence-corrected chi connectivity index (χ4v) is 4.54. The van der Waals surface area contributed by atoms with Gasteiger partial charge < -0.3 is 17.0 Å². The van der Waals surface area contributed by atoms with E-state index in [1.165, 1.54) is 23.8 Å². The molecule has 0 spiro atoms. The monoisotopic (exact) mass is 436 g/mol. The molecule has 0 aromatic heterocycles. The van der Waals surface area contributed by atoms with E-state index in [-0.39, 0.29) is 38.2 Å². The zero-order valence-corrected chi connectivity index (χ0v) is 15.1. The van der Waals surface area contributed by atoms with Gasteiger partial charge in [0.05, 0.1) is 0 Å². The fourth-order valence-electron chi connectivity index (χ4n) is 1.91. The van der Waals surface area contributed by atoms with Crippen molar-refractivity contribution in [2.45, 2.75) is 20.8 Å². The van der Waals surface area contributed by atoms with E-state index >= 15 is 0 Å². The molecular weight excluding hydrogens is 422 g/mol. The van der Waals surface area contributed by atoms with Crippen molar-refractivity contribution in [3.63, 3.8) is 0 Å². The quantitative estimate of drug-likeness (QED) is 0.497. The number of benzene rings is 2. The minimum Gasteiger partial charge on any atom is -1.00 e. The Morgan fingerprint density at radius 2 is 1.39 bits per heavy atom. The molecule has 0 nitrogen and oxygen atoms in total. The Kier molecular flexibility index (Phi) is 6.15. The first-order chi connectivity index (χ1) is 8.06. The normalized spacial score (nSPS) is 10.0. The molecule has 0 unspecified atom stereocenters. The van der Waals surface area contributed by atoms with Crippen molar-refractivity contribution in [2.75, 3.05) is 0 Å². The minimum atomic E-state index is -0.0989. The lowest BCUT2D eigenvalue weighted by atomic mass is 10.1. The summed E-state index contributed by atoms with van der Waals surface area (Å²) in [5, 5.41) is 0.815. The molecule has 0 aliphatic heterocycles. The molecule has 96 valence electrons. The van der Waals surface area contributed by atoms with Crippen LogP contribution in [0.5, 0.6) is 0 Å². The highest BCUT2D eigenvalue weighted by molar-refractivity contribution is 6.30. The maximum Gasteiger partial charge on any atom is 0.358 e. The number of hydrogen-bond donors (Lipinski definition) is 0. The topological polar surface area (TPSA) is 0 Å². The van der Waals surface area contributed by atoms with Crippen molar-refractivity contribution < 1.29 is 38.2 Å². The van der Waals surface area contributed by atoms with Crippen molar-refractivity contribution >= 4 is 11.6 Å². The third-order valence-electron chi connectivity index (χ3n) is 2.59. The van der Waals surface area contributed by atoms with Crippen molar-refractivity contribution in [3.05, 3.63) is 65.3 Å². The number of rotatable bonds is 2. The number of aryl methyl sites for hydroxylation is 3. The van der Waals surface area contributed by atoms with Crippen LogP contribution in [0.25, 0.3) is 0 Å². The van der Waals surface area contributed by atoms with Crippen LogP contribution in [-0.4, -0.2) is 0 Å².